The third kappa shape index (κ3) is 2.00. The van der Waals surface area contributed by atoms with Gasteiger partial charge in [-0.2, -0.15) is 0 Å². The first kappa shape index (κ1) is 13.8. The molecule has 1 nitrogen and oxygen atoms in total. The molecule has 0 aliphatic carbocycles. The molecule has 0 N–H and O–H groups in total. The summed E-state index contributed by atoms with van der Waals surface area (Å²) in [7, 11) is 0. The van der Waals surface area contributed by atoms with Crippen LogP contribution in [0, 0.1) is 0 Å². The number of hydrogen-bond donors (Lipinski definition) is 0. The Morgan fingerprint density at radius 2 is 1.50 bits per heavy atom. The van der Waals surface area contributed by atoms with Crippen molar-refractivity contribution in [2.24, 2.45) is 0 Å². The topological polar surface area (TPSA) is 13.1 Å². The van der Waals surface area contributed by atoms with E-state index in [1.54, 1.807) is 0 Å². The molecule has 2 heteroatoms. The third-order valence-electron chi connectivity index (χ3n) is 4.54. The summed E-state index contributed by atoms with van der Waals surface area (Å²) in [5.74, 6) is 0. The van der Waals surface area contributed by atoms with Gasteiger partial charge in [-0.15, -0.1) is 0 Å². The molecule has 114 valence electrons. The minimum Gasteiger partial charge on any atom is -0.455 e. The lowest BCUT2D eigenvalue weighted by Gasteiger charge is -2.07. The lowest BCUT2D eigenvalue weighted by Crippen LogP contribution is -1.81. The maximum Gasteiger partial charge on any atom is 0.150 e. The highest BCUT2D eigenvalue weighted by Crippen LogP contribution is 2.40. The van der Waals surface area contributed by atoms with Gasteiger partial charge < -0.3 is 4.42 Å². The first-order valence-electron chi connectivity index (χ1n) is 7.90. The van der Waals surface area contributed by atoms with Crippen molar-refractivity contribution in [1.82, 2.24) is 0 Å². The fraction of sp³-hybridized carbons (Fsp3) is 0. The summed E-state index contributed by atoms with van der Waals surface area (Å²) in [5.41, 5.74) is 4.23. The Morgan fingerprint density at radius 1 is 0.708 bits per heavy atom. The Kier molecular flexibility index (Phi) is 3.00. The molecule has 4 aromatic carbocycles. The van der Waals surface area contributed by atoms with Gasteiger partial charge in [0.05, 0.1) is 4.47 Å². The Labute approximate surface area is 147 Å². The van der Waals surface area contributed by atoms with Crippen molar-refractivity contribution in [2.45, 2.75) is 0 Å². The predicted molar refractivity (Wildman–Crippen MR) is 104 cm³/mol. The van der Waals surface area contributed by atoms with Crippen LogP contribution in [0.15, 0.2) is 87.8 Å². The van der Waals surface area contributed by atoms with Crippen molar-refractivity contribution in [2.75, 3.05) is 0 Å². The second kappa shape index (κ2) is 5.22. The van der Waals surface area contributed by atoms with E-state index in [0.29, 0.717) is 0 Å². The zero-order valence-electron chi connectivity index (χ0n) is 12.8. The van der Waals surface area contributed by atoms with Crippen molar-refractivity contribution < 1.29 is 4.42 Å². The summed E-state index contributed by atoms with van der Waals surface area (Å²) >= 11 is 3.63. The van der Waals surface area contributed by atoms with Gasteiger partial charge in [-0.25, -0.2) is 0 Å². The van der Waals surface area contributed by atoms with Gasteiger partial charge in [-0.05, 0) is 56.0 Å². The van der Waals surface area contributed by atoms with Crippen LogP contribution in [0.5, 0.6) is 0 Å². The minimum atomic E-state index is 0.904. The number of furan rings is 1. The third-order valence-corrected chi connectivity index (χ3v) is 5.16. The van der Waals surface area contributed by atoms with E-state index in [4.69, 9.17) is 4.42 Å². The molecule has 1 heterocycles. The molecule has 0 unspecified atom stereocenters. The number of rotatable bonds is 1. The summed E-state index contributed by atoms with van der Waals surface area (Å²) < 4.78 is 7.07. The quantitative estimate of drug-likeness (QED) is 0.304. The molecule has 0 radical (unpaired) electrons. The maximum absolute atomic E-state index is 6.09. The fourth-order valence-electron chi connectivity index (χ4n) is 3.39. The molecule has 5 aromatic rings. The van der Waals surface area contributed by atoms with Crippen molar-refractivity contribution in [3.63, 3.8) is 0 Å². The van der Waals surface area contributed by atoms with Gasteiger partial charge >= 0.3 is 0 Å². The summed E-state index contributed by atoms with van der Waals surface area (Å²) in [6.07, 6.45) is 0. The molecule has 0 spiro atoms. The molecule has 0 bridgehead atoms. The van der Waals surface area contributed by atoms with E-state index in [-0.39, 0.29) is 0 Å². The molecule has 1 aromatic heterocycles. The number of hydrogen-bond acceptors (Lipinski definition) is 1. The Morgan fingerprint density at radius 3 is 2.42 bits per heavy atom. The monoisotopic (exact) mass is 372 g/mol. The van der Waals surface area contributed by atoms with Crippen LogP contribution >= 0.6 is 15.9 Å². The number of halogens is 1. The Bertz CT molecular complexity index is 1220. The maximum atomic E-state index is 6.09. The molecule has 24 heavy (non-hydrogen) atoms. The van der Waals surface area contributed by atoms with E-state index < -0.39 is 0 Å². The SMILES string of the molecule is Brc1ccc(-c2ccc3ccccc3c2)c2c1oc1ccccc12. The van der Waals surface area contributed by atoms with Crippen LogP contribution in [-0.4, -0.2) is 0 Å². The Balaban J connectivity index is 1.89. The summed E-state index contributed by atoms with van der Waals surface area (Å²) in [6, 6.07) is 27.5. The average Bonchev–Trinajstić information content (AvgIpc) is 3.02. The van der Waals surface area contributed by atoms with Gasteiger partial charge in [0.2, 0.25) is 0 Å². The lowest BCUT2D eigenvalue weighted by molar-refractivity contribution is 0.667. The summed E-state index contributed by atoms with van der Waals surface area (Å²) in [5, 5.41) is 4.82. The summed E-state index contributed by atoms with van der Waals surface area (Å²) in [6.45, 7) is 0. The van der Waals surface area contributed by atoms with Gasteiger partial charge in [0, 0.05) is 10.8 Å². The van der Waals surface area contributed by atoms with E-state index >= 15 is 0 Å². The molecule has 0 fully saturated rings. The van der Waals surface area contributed by atoms with E-state index in [1.165, 1.54) is 21.9 Å². The largest absolute Gasteiger partial charge is 0.455 e. The molecule has 0 saturated heterocycles. The molecule has 0 saturated carbocycles. The smallest absolute Gasteiger partial charge is 0.150 e. The molecule has 0 amide bonds. The van der Waals surface area contributed by atoms with Gasteiger partial charge in [0.15, 0.2) is 0 Å². The van der Waals surface area contributed by atoms with Crippen molar-refractivity contribution in [1.29, 1.82) is 0 Å². The van der Waals surface area contributed by atoms with E-state index in [2.05, 4.69) is 82.7 Å². The molecule has 0 aliphatic heterocycles. The van der Waals surface area contributed by atoms with Crippen LogP contribution in [0.2, 0.25) is 0 Å². The minimum absolute atomic E-state index is 0.904. The van der Waals surface area contributed by atoms with E-state index in [9.17, 15) is 0 Å². The highest BCUT2D eigenvalue weighted by atomic mass is 79.9. The van der Waals surface area contributed by atoms with Gasteiger partial charge in [-0.3, -0.25) is 0 Å². The van der Waals surface area contributed by atoms with Crippen LogP contribution in [-0.2, 0) is 0 Å². The van der Waals surface area contributed by atoms with Crippen molar-refractivity contribution >= 4 is 48.6 Å². The second-order valence-corrected chi connectivity index (χ2v) is 6.81. The van der Waals surface area contributed by atoms with Crippen LogP contribution in [0.1, 0.15) is 0 Å². The van der Waals surface area contributed by atoms with Gasteiger partial charge in [-0.1, -0.05) is 60.7 Å². The zero-order valence-corrected chi connectivity index (χ0v) is 14.4. The molecule has 0 atom stereocenters. The first-order chi connectivity index (χ1) is 11.8. The van der Waals surface area contributed by atoms with Crippen LogP contribution in [0.4, 0.5) is 0 Å². The highest BCUT2D eigenvalue weighted by molar-refractivity contribution is 9.10. The molecule has 5 rings (SSSR count). The normalized spacial score (nSPS) is 11.5. The fourth-order valence-corrected chi connectivity index (χ4v) is 3.81. The number of fused-ring (bicyclic) bond motifs is 4. The van der Waals surface area contributed by atoms with Crippen LogP contribution < -0.4 is 0 Å². The second-order valence-electron chi connectivity index (χ2n) is 5.96. The lowest BCUT2D eigenvalue weighted by atomic mass is 9.97. The zero-order chi connectivity index (χ0) is 16.1. The molecular weight excluding hydrogens is 360 g/mol. The number of benzene rings is 4. The van der Waals surface area contributed by atoms with E-state index in [0.717, 1.165) is 26.4 Å². The predicted octanol–water partition coefficient (Wildman–Crippen LogP) is 7.17. The molecule has 0 aliphatic rings. The van der Waals surface area contributed by atoms with Gasteiger partial charge in [0.1, 0.15) is 11.2 Å². The van der Waals surface area contributed by atoms with Crippen LogP contribution in [0.3, 0.4) is 0 Å². The summed E-state index contributed by atoms with van der Waals surface area (Å²) in [4.78, 5) is 0. The van der Waals surface area contributed by atoms with Crippen LogP contribution in [0.25, 0.3) is 43.8 Å². The highest BCUT2D eigenvalue weighted by Gasteiger charge is 2.14. The standard InChI is InChI=1S/C22H13BrO/c23-19-12-11-17(16-10-9-14-5-1-2-6-15(14)13-16)21-18-7-3-4-8-20(18)24-22(19)21/h1-13H. The molecular formula is C22H13BrO. The Hall–Kier alpha value is -2.58. The first-order valence-corrected chi connectivity index (χ1v) is 8.69. The van der Waals surface area contributed by atoms with Gasteiger partial charge in [0.25, 0.3) is 0 Å². The average molecular weight is 373 g/mol. The number of para-hydroxylation sites is 1. The van der Waals surface area contributed by atoms with E-state index in [1.807, 2.05) is 12.1 Å². The van der Waals surface area contributed by atoms with Crippen molar-refractivity contribution in [3.8, 4) is 11.1 Å². The van der Waals surface area contributed by atoms with Crippen molar-refractivity contribution in [3.05, 3.63) is 83.3 Å².